The predicted molar refractivity (Wildman–Crippen MR) is 74.3 cm³/mol. The molecule has 1 fully saturated rings. The Hall–Kier alpha value is -1.01. The van der Waals surface area contributed by atoms with Crippen LogP contribution in [0.4, 0.5) is 8.78 Å². The number of sulfone groups is 1. The van der Waals surface area contributed by atoms with E-state index in [9.17, 15) is 17.2 Å². The van der Waals surface area contributed by atoms with E-state index in [-0.39, 0.29) is 23.5 Å². The lowest BCUT2D eigenvalue weighted by molar-refractivity contribution is 0.418. The summed E-state index contributed by atoms with van der Waals surface area (Å²) in [4.78, 5) is 0. The maximum atomic E-state index is 13.6. The second-order valence-corrected chi connectivity index (χ2v) is 7.66. The van der Waals surface area contributed by atoms with Crippen LogP contribution < -0.4 is 5.32 Å². The topological polar surface area (TPSA) is 46.2 Å². The van der Waals surface area contributed by atoms with E-state index in [1.54, 1.807) is 7.05 Å². The molecule has 1 aliphatic rings. The van der Waals surface area contributed by atoms with E-state index in [4.69, 9.17) is 0 Å². The van der Waals surface area contributed by atoms with E-state index in [0.29, 0.717) is 24.8 Å². The van der Waals surface area contributed by atoms with Crippen molar-refractivity contribution in [3.05, 3.63) is 35.4 Å². The minimum atomic E-state index is -2.90. The Balaban J connectivity index is 2.01. The summed E-state index contributed by atoms with van der Waals surface area (Å²) in [7, 11) is -1.14. The Kier molecular flexibility index (Phi) is 4.75. The Morgan fingerprint density at radius 3 is 2.75 bits per heavy atom. The third-order valence-corrected chi connectivity index (χ3v) is 5.66. The van der Waals surface area contributed by atoms with Gasteiger partial charge < -0.3 is 5.32 Å². The van der Waals surface area contributed by atoms with E-state index < -0.39 is 21.5 Å². The van der Waals surface area contributed by atoms with Gasteiger partial charge in [-0.15, -0.1) is 0 Å². The second kappa shape index (κ2) is 6.18. The highest BCUT2D eigenvalue weighted by atomic mass is 32.2. The van der Waals surface area contributed by atoms with Gasteiger partial charge in [-0.05, 0) is 56.0 Å². The van der Waals surface area contributed by atoms with Gasteiger partial charge in [0.1, 0.15) is 11.6 Å². The molecule has 0 saturated carbocycles. The van der Waals surface area contributed by atoms with E-state index in [0.717, 1.165) is 12.1 Å². The fraction of sp³-hybridized carbons (Fsp3) is 0.571. The van der Waals surface area contributed by atoms with Crippen LogP contribution in [0.2, 0.25) is 0 Å². The van der Waals surface area contributed by atoms with Crippen molar-refractivity contribution >= 4 is 9.84 Å². The van der Waals surface area contributed by atoms with Crippen LogP contribution in [0.25, 0.3) is 0 Å². The van der Waals surface area contributed by atoms with Crippen LogP contribution in [0, 0.1) is 17.6 Å². The van der Waals surface area contributed by atoms with Crippen LogP contribution >= 0.6 is 0 Å². The Labute approximate surface area is 118 Å². The van der Waals surface area contributed by atoms with Gasteiger partial charge in [-0.1, -0.05) is 0 Å². The van der Waals surface area contributed by atoms with Gasteiger partial charge in [0.25, 0.3) is 0 Å². The fourth-order valence-electron chi connectivity index (χ4n) is 2.73. The number of benzene rings is 1. The Bertz CT molecular complexity index is 575. The quantitative estimate of drug-likeness (QED) is 0.904. The third kappa shape index (κ3) is 3.99. The summed E-state index contributed by atoms with van der Waals surface area (Å²) in [5, 5.41) is 3.07. The zero-order valence-corrected chi connectivity index (χ0v) is 12.2. The van der Waals surface area contributed by atoms with Crippen molar-refractivity contribution in [2.75, 3.05) is 18.6 Å². The molecular formula is C14H19F2NO2S. The molecule has 1 heterocycles. The zero-order chi connectivity index (χ0) is 14.8. The van der Waals surface area contributed by atoms with Crippen molar-refractivity contribution in [3.63, 3.8) is 0 Å². The summed E-state index contributed by atoms with van der Waals surface area (Å²) in [6.07, 6.45) is 1.68. The van der Waals surface area contributed by atoms with Crippen molar-refractivity contribution in [1.82, 2.24) is 5.32 Å². The highest BCUT2D eigenvalue weighted by Gasteiger charge is 2.29. The lowest BCUT2D eigenvalue weighted by Gasteiger charge is -2.19. The highest BCUT2D eigenvalue weighted by Crippen LogP contribution is 2.24. The summed E-state index contributed by atoms with van der Waals surface area (Å²) in [6.45, 7) is 0. The molecule has 2 unspecified atom stereocenters. The van der Waals surface area contributed by atoms with Crippen LogP contribution in [0.1, 0.15) is 18.4 Å². The molecular weight excluding hydrogens is 284 g/mol. The first-order chi connectivity index (χ1) is 9.39. The summed E-state index contributed by atoms with van der Waals surface area (Å²) in [5.74, 6) is -0.335. The van der Waals surface area contributed by atoms with Crippen molar-refractivity contribution in [1.29, 1.82) is 0 Å². The Morgan fingerprint density at radius 2 is 2.15 bits per heavy atom. The van der Waals surface area contributed by atoms with Gasteiger partial charge in [-0.3, -0.25) is 0 Å². The zero-order valence-electron chi connectivity index (χ0n) is 11.4. The fourth-order valence-corrected chi connectivity index (χ4v) is 4.61. The van der Waals surface area contributed by atoms with Crippen LogP contribution in [-0.4, -0.2) is 33.0 Å². The van der Waals surface area contributed by atoms with Gasteiger partial charge in [0.05, 0.1) is 11.5 Å². The molecule has 0 aromatic heterocycles. The van der Waals surface area contributed by atoms with Crippen LogP contribution in [0.5, 0.6) is 0 Å². The van der Waals surface area contributed by atoms with Crippen molar-refractivity contribution in [3.8, 4) is 0 Å². The van der Waals surface area contributed by atoms with Gasteiger partial charge >= 0.3 is 0 Å². The van der Waals surface area contributed by atoms with Crippen LogP contribution in [-0.2, 0) is 16.3 Å². The molecule has 1 aromatic carbocycles. The normalized spacial score (nSPS) is 22.9. The number of rotatable bonds is 5. The predicted octanol–water partition coefficient (Wildman–Crippen LogP) is 1.92. The van der Waals surface area contributed by atoms with Gasteiger partial charge in [0.2, 0.25) is 0 Å². The monoisotopic (exact) mass is 303 g/mol. The van der Waals surface area contributed by atoms with E-state index in [1.165, 1.54) is 6.07 Å². The average molecular weight is 303 g/mol. The molecule has 6 heteroatoms. The summed E-state index contributed by atoms with van der Waals surface area (Å²) in [5.41, 5.74) is 0.324. The minimum Gasteiger partial charge on any atom is -0.317 e. The van der Waals surface area contributed by atoms with Crippen molar-refractivity contribution < 1.29 is 17.2 Å². The Morgan fingerprint density at radius 1 is 1.40 bits per heavy atom. The molecule has 0 aliphatic carbocycles. The van der Waals surface area contributed by atoms with Crippen molar-refractivity contribution in [2.45, 2.75) is 25.3 Å². The molecule has 0 amide bonds. The second-order valence-electron chi connectivity index (χ2n) is 5.43. The van der Waals surface area contributed by atoms with Gasteiger partial charge in [0.15, 0.2) is 9.84 Å². The number of halogens is 2. The van der Waals surface area contributed by atoms with E-state index >= 15 is 0 Å². The molecule has 1 aromatic rings. The standard InChI is InChI=1S/C14H19F2NO2S/c1-17-13(6-10-4-5-20(18,19)9-10)8-11-7-12(15)2-3-14(11)16/h2-3,7,10,13,17H,4-6,8-9H2,1H3. The molecule has 1 N–H and O–H groups in total. The summed E-state index contributed by atoms with van der Waals surface area (Å²) >= 11 is 0. The lowest BCUT2D eigenvalue weighted by Crippen LogP contribution is -2.30. The molecule has 2 atom stereocenters. The molecule has 0 bridgehead atoms. The number of likely N-dealkylation sites (N-methyl/N-ethyl adjacent to an activating group) is 1. The molecule has 1 saturated heterocycles. The molecule has 2 rings (SSSR count). The molecule has 112 valence electrons. The van der Waals surface area contributed by atoms with Crippen LogP contribution in [0.3, 0.4) is 0 Å². The third-order valence-electron chi connectivity index (χ3n) is 3.83. The van der Waals surface area contributed by atoms with Crippen LogP contribution in [0.15, 0.2) is 18.2 Å². The molecule has 3 nitrogen and oxygen atoms in total. The first-order valence-corrected chi connectivity index (χ1v) is 8.53. The SMILES string of the molecule is CNC(Cc1cc(F)ccc1F)CC1CCS(=O)(=O)C1. The van der Waals surface area contributed by atoms with Gasteiger partial charge in [-0.25, -0.2) is 17.2 Å². The molecule has 1 aliphatic heterocycles. The highest BCUT2D eigenvalue weighted by molar-refractivity contribution is 7.91. The maximum absolute atomic E-state index is 13.6. The van der Waals surface area contributed by atoms with Gasteiger partial charge in [0, 0.05) is 6.04 Å². The first kappa shape index (κ1) is 15.4. The molecule has 0 spiro atoms. The van der Waals surface area contributed by atoms with E-state index in [1.807, 2.05) is 0 Å². The van der Waals surface area contributed by atoms with E-state index in [2.05, 4.69) is 5.32 Å². The smallest absolute Gasteiger partial charge is 0.150 e. The number of nitrogens with one attached hydrogen (secondary N) is 1. The largest absolute Gasteiger partial charge is 0.317 e. The number of hydrogen-bond acceptors (Lipinski definition) is 3. The summed E-state index contributed by atoms with van der Waals surface area (Å²) in [6, 6.07) is 3.36. The lowest BCUT2D eigenvalue weighted by atomic mass is 9.94. The van der Waals surface area contributed by atoms with Gasteiger partial charge in [-0.2, -0.15) is 0 Å². The molecule has 20 heavy (non-hydrogen) atoms. The van der Waals surface area contributed by atoms with Crippen molar-refractivity contribution in [2.24, 2.45) is 5.92 Å². The minimum absolute atomic E-state index is 0.0513. The first-order valence-electron chi connectivity index (χ1n) is 6.71. The summed E-state index contributed by atoms with van der Waals surface area (Å²) < 4.78 is 49.6. The maximum Gasteiger partial charge on any atom is 0.150 e. The number of hydrogen-bond donors (Lipinski definition) is 1. The molecule has 0 radical (unpaired) electrons. The average Bonchev–Trinajstić information content (AvgIpc) is 2.72.